The minimum absolute atomic E-state index is 0.224. The van der Waals surface area contributed by atoms with E-state index in [9.17, 15) is 9.59 Å². The molecule has 182 valence electrons. The van der Waals surface area contributed by atoms with Crippen LogP contribution in [0.15, 0.2) is 41.3 Å². The number of carbonyl (C=O) groups excluding carboxylic acids is 1. The van der Waals surface area contributed by atoms with E-state index in [1.807, 2.05) is 12.1 Å². The SMILES string of the molecule is CC(Cc1ccc(-n2ccc(NC(=O)N3CCNCC3)nc2=O)cc1)N1CCC2(CC1)CNC2. The van der Waals surface area contributed by atoms with E-state index in [-0.39, 0.29) is 11.8 Å². The maximum absolute atomic E-state index is 12.6. The molecule has 3 fully saturated rings. The van der Waals surface area contributed by atoms with Crippen LogP contribution in [0.1, 0.15) is 25.3 Å². The lowest BCUT2D eigenvalue weighted by atomic mass is 9.73. The van der Waals surface area contributed by atoms with Crippen LogP contribution in [0.25, 0.3) is 5.69 Å². The molecule has 0 saturated carbocycles. The van der Waals surface area contributed by atoms with E-state index in [2.05, 4.69) is 44.9 Å². The van der Waals surface area contributed by atoms with Gasteiger partial charge in [-0.3, -0.25) is 9.88 Å². The molecular weight excluding hydrogens is 430 g/mol. The third-order valence-electron chi connectivity index (χ3n) is 7.67. The van der Waals surface area contributed by atoms with Crippen LogP contribution in [-0.2, 0) is 6.42 Å². The summed E-state index contributed by atoms with van der Waals surface area (Å²) >= 11 is 0. The van der Waals surface area contributed by atoms with Gasteiger partial charge in [0.05, 0.1) is 5.69 Å². The first-order valence-electron chi connectivity index (χ1n) is 12.4. The Labute approximate surface area is 200 Å². The lowest BCUT2D eigenvalue weighted by molar-refractivity contribution is 0.0384. The van der Waals surface area contributed by atoms with Crippen LogP contribution in [0.2, 0.25) is 0 Å². The number of carbonyl (C=O) groups is 1. The first-order valence-corrected chi connectivity index (χ1v) is 12.4. The van der Waals surface area contributed by atoms with E-state index in [0.717, 1.165) is 25.2 Å². The first-order chi connectivity index (χ1) is 16.5. The van der Waals surface area contributed by atoms with Gasteiger partial charge in [0.25, 0.3) is 0 Å². The lowest BCUT2D eigenvalue weighted by Crippen LogP contribution is -2.59. The highest BCUT2D eigenvalue weighted by atomic mass is 16.2. The highest BCUT2D eigenvalue weighted by Gasteiger charge is 2.40. The second kappa shape index (κ2) is 9.85. The minimum Gasteiger partial charge on any atom is -0.322 e. The van der Waals surface area contributed by atoms with Gasteiger partial charge in [-0.25, -0.2) is 9.59 Å². The summed E-state index contributed by atoms with van der Waals surface area (Å²) in [6, 6.07) is 10.1. The molecule has 3 N–H and O–H groups in total. The third-order valence-corrected chi connectivity index (χ3v) is 7.67. The van der Waals surface area contributed by atoms with Crippen molar-refractivity contribution >= 4 is 11.8 Å². The fraction of sp³-hybridized carbons (Fsp3) is 0.560. The average molecular weight is 466 g/mol. The standard InChI is InChI=1S/C25H35N7O2/c1-19(30-12-7-25(8-13-30)17-27-18-25)16-20-2-4-21(5-3-20)32-11-6-22(29-24(32)34)28-23(33)31-14-9-26-10-15-31/h2-6,11,19,26-27H,7-10,12-18H2,1H3,(H,28,29,33,34). The van der Waals surface area contributed by atoms with Crippen LogP contribution in [0.4, 0.5) is 10.6 Å². The molecule has 1 spiro atoms. The molecule has 9 nitrogen and oxygen atoms in total. The number of hydrogen-bond donors (Lipinski definition) is 3. The normalized spacial score (nSPS) is 21.1. The smallest absolute Gasteiger partial charge is 0.322 e. The number of nitrogens with one attached hydrogen (secondary N) is 3. The summed E-state index contributed by atoms with van der Waals surface area (Å²) in [5.41, 5.74) is 2.20. The molecule has 1 atom stereocenters. The van der Waals surface area contributed by atoms with Gasteiger partial charge in [-0.1, -0.05) is 12.1 Å². The van der Waals surface area contributed by atoms with Gasteiger partial charge in [-0.2, -0.15) is 4.98 Å². The van der Waals surface area contributed by atoms with Crippen molar-refractivity contribution < 1.29 is 4.79 Å². The molecule has 34 heavy (non-hydrogen) atoms. The van der Waals surface area contributed by atoms with Gasteiger partial charge in [0.15, 0.2) is 0 Å². The van der Waals surface area contributed by atoms with Crippen LogP contribution < -0.4 is 21.6 Å². The van der Waals surface area contributed by atoms with Crippen molar-refractivity contribution in [1.82, 2.24) is 30.0 Å². The summed E-state index contributed by atoms with van der Waals surface area (Å²) in [5, 5.41) is 9.38. The van der Waals surface area contributed by atoms with Crippen molar-refractivity contribution in [3.63, 3.8) is 0 Å². The zero-order valence-electron chi connectivity index (χ0n) is 19.9. The Kier molecular flexibility index (Phi) is 6.67. The molecule has 1 aromatic heterocycles. The van der Waals surface area contributed by atoms with Crippen LogP contribution in [0.3, 0.4) is 0 Å². The Bertz CT molecular complexity index is 1050. The van der Waals surface area contributed by atoms with Crippen molar-refractivity contribution in [3.8, 4) is 5.69 Å². The van der Waals surface area contributed by atoms with Gasteiger partial charge in [-0.15, -0.1) is 0 Å². The Hall–Kier alpha value is -2.75. The fourth-order valence-electron chi connectivity index (χ4n) is 5.26. The summed E-state index contributed by atoms with van der Waals surface area (Å²) in [7, 11) is 0. The number of piperazine rings is 1. The van der Waals surface area contributed by atoms with Gasteiger partial charge >= 0.3 is 11.7 Å². The van der Waals surface area contributed by atoms with Crippen molar-refractivity contribution in [2.24, 2.45) is 5.41 Å². The molecule has 0 bridgehead atoms. The highest BCUT2D eigenvalue weighted by Crippen LogP contribution is 2.35. The molecule has 3 saturated heterocycles. The summed E-state index contributed by atoms with van der Waals surface area (Å²) in [6.45, 7) is 9.88. The molecule has 2 aromatic rings. The van der Waals surface area contributed by atoms with Crippen LogP contribution in [-0.4, -0.2) is 83.8 Å². The van der Waals surface area contributed by atoms with Crippen LogP contribution in [0.5, 0.6) is 0 Å². The number of hydrogen-bond acceptors (Lipinski definition) is 6. The predicted molar refractivity (Wildman–Crippen MR) is 133 cm³/mol. The predicted octanol–water partition coefficient (Wildman–Crippen LogP) is 1.29. The Balaban J connectivity index is 1.17. The number of amides is 2. The number of piperidine rings is 1. The average Bonchev–Trinajstić information content (AvgIpc) is 2.84. The number of nitrogens with zero attached hydrogens (tertiary/aromatic N) is 4. The molecule has 0 aliphatic carbocycles. The van der Waals surface area contributed by atoms with E-state index in [1.54, 1.807) is 17.2 Å². The monoisotopic (exact) mass is 465 g/mol. The van der Waals surface area contributed by atoms with Gasteiger partial charge in [0, 0.05) is 51.5 Å². The van der Waals surface area contributed by atoms with Crippen LogP contribution >= 0.6 is 0 Å². The summed E-state index contributed by atoms with van der Waals surface area (Å²) in [4.78, 5) is 33.4. The van der Waals surface area contributed by atoms with Crippen molar-refractivity contribution in [2.75, 3.05) is 57.7 Å². The summed E-state index contributed by atoms with van der Waals surface area (Å²) in [6.07, 6.45) is 5.25. The first kappa shape index (κ1) is 23.0. The number of likely N-dealkylation sites (tertiary alicyclic amines) is 1. The largest absolute Gasteiger partial charge is 0.354 e. The van der Waals surface area contributed by atoms with Gasteiger partial charge in [0.1, 0.15) is 5.82 Å². The quantitative estimate of drug-likeness (QED) is 0.616. The molecule has 1 unspecified atom stereocenters. The molecule has 5 rings (SSSR count). The van der Waals surface area contributed by atoms with E-state index < -0.39 is 5.69 Å². The van der Waals surface area contributed by atoms with Crippen molar-refractivity contribution in [3.05, 3.63) is 52.6 Å². The number of anilines is 1. The number of benzene rings is 1. The molecule has 2 amide bonds. The maximum atomic E-state index is 12.6. The van der Waals surface area contributed by atoms with Gasteiger partial charge < -0.3 is 20.4 Å². The summed E-state index contributed by atoms with van der Waals surface area (Å²) in [5.74, 6) is 0.274. The summed E-state index contributed by atoms with van der Waals surface area (Å²) < 4.78 is 1.50. The fourth-order valence-corrected chi connectivity index (χ4v) is 5.26. The molecule has 3 aliphatic rings. The Morgan fingerprint density at radius 2 is 1.76 bits per heavy atom. The molecule has 0 radical (unpaired) electrons. The van der Waals surface area contributed by atoms with E-state index in [0.29, 0.717) is 24.5 Å². The number of urea groups is 1. The molecule has 3 aliphatic heterocycles. The maximum Gasteiger partial charge on any atom is 0.354 e. The number of aromatic nitrogens is 2. The molecule has 4 heterocycles. The topological polar surface area (TPSA) is 94.5 Å². The van der Waals surface area contributed by atoms with E-state index in [4.69, 9.17) is 0 Å². The molecule has 9 heteroatoms. The van der Waals surface area contributed by atoms with E-state index >= 15 is 0 Å². The zero-order chi connectivity index (χ0) is 23.5. The van der Waals surface area contributed by atoms with Crippen LogP contribution in [0, 0.1) is 5.41 Å². The van der Waals surface area contributed by atoms with Crippen molar-refractivity contribution in [1.29, 1.82) is 0 Å². The third kappa shape index (κ3) is 5.01. The van der Waals surface area contributed by atoms with Gasteiger partial charge in [0.2, 0.25) is 0 Å². The zero-order valence-corrected chi connectivity index (χ0v) is 19.9. The second-order valence-corrected chi connectivity index (χ2v) is 9.99. The molecular formula is C25H35N7O2. The highest BCUT2D eigenvalue weighted by molar-refractivity contribution is 5.88. The number of rotatable bonds is 5. The Morgan fingerprint density at radius 1 is 1.06 bits per heavy atom. The Morgan fingerprint density at radius 3 is 2.38 bits per heavy atom. The van der Waals surface area contributed by atoms with Crippen molar-refractivity contribution in [2.45, 2.75) is 32.2 Å². The minimum atomic E-state index is -0.410. The van der Waals surface area contributed by atoms with Gasteiger partial charge in [-0.05, 0) is 68.5 Å². The van der Waals surface area contributed by atoms with E-state index in [1.165, 1.54) is 49.2 Å². The second-order valence-electron chi connectivity index (χ2n) is 9.99. The lowest BCUT2D eigenvalue weighted by Gasteiger charge is -2.49. The molecule has 1 aromatic carbocycles.